The summed E-state index contributed by atoms with van der Waals surface area (Å²) in [6.07, 6.45) is 3.56. The molecular weight excluding hydrogens is 188 g/mol. The van der Waals surface area contributed by atoms with Crippen LogP contribution in [-0.4, -0.2) is 16.5 Å². The normalized spacial score (nSPS) is 20.7. The summed E-state index contributed by atoms with van der Waals surface area (Å²) in [5.41, 5.74) is 7.52. The van der Waals surface area contributed by atoms with E-state index in [4.69, 9.17) is 5.73 Å². The van der Waals surface area contributed by atoms with E-state index in [0.29, 0.717) is 11.8 Å². The molecule has 0 amide bonds. The van der Waals surface area contributed by atoms with E-state index >= 15 is 0 Å². The Morgan fingerprint density at radius 3 is 2.93 bits per heavy atom. The Bertz CT molecular complexity index is 394. The second kappa shape index (κ2) is 4.21. The maximum Gasteiger partial charge on any atom is 0.123 e. The Morgan fingerprint density at radius 1 is 1.40 bits per heavy atom. The molecule has 0 saturated heterocycles. The van der Waals surface area contributed by atoms with E-state index in [0.717, 1.165) is 24.2 Å². The number of nitrogens with zero attached hydrogens (tertiary/aromatic N) is 3. The monoisotopic (exact) mass is 202 g/mol. The van der Waals surface area contributed by atoms with Crippen molar-refractivity contribution in [2.24, 2.45) is 21.9 Å². The molecule has 0 aliphatic carbocycles. The van der Waals surface area contributed by atoms with Gasteiger partial charge in [0.25, 0.3) is 0 Å². The van der Waals surface area contributed by atoms with Crippen LogP contribution in [0.1, 0.15) is 25.5 Å². The third kappa shape index (κ3) is 2.03. The average molecular weight is 202 g/mol. The third-order valence-corrected chi connectivity index (χ3v) is 2.55. The van der Waals surface area contributed by atoms with Crippen LogP contribution in [0.15, 0.2) is 34.6 Å². The minimum atomic E-state index is 0.345. The first-order valence-corrected chi connectivity index (χ1v) is 5.12. The highest BCUT2D eigenvalue weighted by molar-refractivity contribution is 6.04. The van der Waals surface area contributed by atoms with Gasteiger partial charge in [-0.25, -0.2) is 0 Å². The minimum Gasteiger partial charge on any atom is -0.386 e. The van der Waals surface area contributed by atoms with Gasteiger partial charge in [0.15, 0.2) is 0 Å². The average Bonchev–Trinajstić information content (AvgIpc) is 2.30. The predicted octanol–water partition coefficient (Wildman–Crippen LogP) is 1.57. The molecule has 4 nitrogen and oxygen atoms in total. The molecule has 0 spiro atoms. The first-order valence-electron chi connectivity index (χ1n) is 5.12. The molecule has 0 fully saturated rings. The van der Waals surface area contributed by atoms with Crippen LogP contribution in [0.25, 0.3) is 0 Å². The number of rotatable bonds is 2. The smallest absolute Gasteiger partial charge is 0.123 e. The predicted molar refractivity (Wildman–Crippen MR) is 60.8 cm³/mol. The lowest BCUT2D eigenvalue weighted by Gasteiger charge is -2.18. The van der Waals surface area contributed by atoms with Gasteiger partial charge in [-0.15, -0.1) is 5.10 Å². The Hall–Kier alpha value is -1.71. The van der Waals surface area contributed by atoms with E-state index in [2.05, 4.69) is 22.1 Å². The standard InChI is InChI=1S/C11H14N4/c1-2-8-7-10(12)14-15-11(8)9-5-3-4-6-13-9/h3-6,8H,2,7H2,1H3,(H2,12,14). The lowest BCUT2D eigenvalue weighted by molar-refractivity contribution is 0.675. The number of pyridine rings is 1. The second-order valence-corrected chi connectivity index (χ2v) is 3.60. The molecule has 0 aromatic carbocycles. The maximum atomic E-state index is 5.66. The van der Waals surface area contributed by atoms with Crippen LogP contribution >= 0.6 is 0 Å². The molecule has 1 aromatic heterocycles. The van der Waals surface area contributed by atoms with Crippen molar-refractivity contribution in [3.05, 3.63) is 30.1 Å². The molecule has 1 unspecified atom stereocenters. The number of aromatic nitrogens is 1. The summed E-state index contributed by atoms with van der Waals surface area (Å²) in [6.45, 7) is 2.13. The van der Waals surface area contributed by atoms with Gasteiger partial charge in [-0.3, -0.25) is 4.98 Å². The molecule has 1 aromatic rings. The van der Waals surface area contributed by atoms with E-state index in [1.54, 1.807) is 6.20 Å². The van der Waals surface area contributed by atoms with Gasteiger partial charge in [0, 0.05) is 18.5 Å². The largest absolute Gasteiger partial charge is 0.386 e. The molecule has 15 heavy (non-hydrogen) atoms. The van der Waals surface area contributed by atoms with Crippen molar-refractivity contribution >= 4 is 11.5 Å². The van der Waals surface area contributed by atoms with E-state index in [9.17, 15) is 0 Å². The minimum absolute atomic E-state index is 0.345. The van der Waals surface area contributed by atoms with Crippen molar-refractivity contribution in [2.45, 2.75) is 19.8 Å². The summed E-state index contributed by atoms with van der Waals surface area (Å²) in [7, 11) is 0. The maximum absolute atomic E-state index is 5.66. The van der Waals surface area contributed by atoms with Crippen LogP contribution in [0.2, 0.25) is 0 Å². The second-order valence-electron chi connectivity index (χ2n) is 3.60. The van der Waals surface area contributed by atoms with Gasteiger partial charge in [-0.2, -0.15) is 5.10 Å². The van der Waals surface area contributed by atoms with Crippen molar-refractivity contribution in [1.82, 2.24) is 4.98 Å². The van der Waals surface area contributed by atoms with Crippen LogP contribution in [0, 0.1) is 5.92 Å². The number of nitrogens with two attached hydrogens (primary N) is 1. The molecule has 2 N–H and O–H groups in total. The van der Waals surface area contributed by atoms with Crippen molar-refractivity contribution in [3.8, 4) is 0 Å². The molecule has 1 aliphatic heterocycles. The number of hydrogen-bond acceptors (Lipinski definition) is 4. The molecule has 2 rings (SSSR count). The molecule has 0 saturated carbocycles. The lowest BCUT2D eigenvalue weighted by atomic mass is 9.93. The van der Waals surface area contributed by atoms with Crippen LogP contribution in [-0.2, 0) is 0 Å². The van der Waals surface area contributed by atoms with Crippen molar-refractivity contribution in [1.29, 1.82) is 0 Å². The molecule has 0 radical (unpaired) electrons. The van der Waals surface area contributed by atoms with Crippen LogP contribution < -0.4 is 5.73 Å². The Morgan fingerprint density at radius 2 is 2.27 bits per heavy atom. The van der Waals surface area contributed by atoms with E-state index in [-0.39, 0.29) is 0 Å². The van der Waals surface area contributed by atoms with Crippen molar-refractivity contribution in [2.75, 3.05) is 0 Å². The molecule has 0 bridgehead atoms. The Kier molecular flexibility index (Phi) is 2.76. The zero-order valence-corrected chi connectivity index (χ0v) is 8.72. The zero-order chi connectivity index (χ0) is 10.7. The fourth-order valence-electron chi connectivity index (χ4n) is 1.70. The van der Waals surface area contributed by atoms with Crippen molar-refractivity contribution < 1.29 is 0 Å². The van der Waals surface area contributed by atoms with Crippen LogP contribution in [0.5, 0.6) is 0 Å². The molecule has 4 heteroatoms. The molecule has 2 heterocycles. The van der Waals surface area contributed by atoms with Gasteiger partial charge in [0.2, 0.25) is 0 Å². The highest BCUT2D eigenvalue weighted by Gasteiger charge is 2.21. The van der Waals surface area contributed by atoms with Gasteiger partial charge in [-0.05, 0) is 18.6 Å². The van der Waals surface area contributed by atoms with E-state index in [1.165, 1.54) is 0 Å². The summed E-state index contributed by atoms with van der Waals surface area (Å²) in [4.78, 5) is 4.28. The molecule has 1 aliphatic rings. The summed E-state index contributed by atoms with van der Waals surface area (Å²) < 4.78 is 0. The van der Waals surface area contributed by atoms with Gasteiger partial charge >= 0.3 is 0 Å². The lowest BCUT2D eigenvalue weighted by Crippen LogP contribution is -2.27. The van der Waals surface area contributed by atoms with Gasteiger partial charge in [0.05, 0.1) is 11.4 Å². The third-order valence-electron chi connectivity index (χ3n) is 2.55. The van der Waals surface area contributed by atoms with Gasteiger partial charge < -0.3 is 5.73 Å². The summed E-state index contributed by atoms with van der Waals surface area (Å²) in [6, 6.07) is 5.81. The summed E-state index contributed by atoms with van der Waals surface area (Å²) in [5, 5.41) is 8.08. The quantitative estimate of drug-likeness (QED) is 0.791. The number of hydrogen-bond donors (Lipinski definition) is 1. The first-order chi connectivity index (χ1) is 7.31. The summed E-state index contributed by atoms with van der Waals surface area (Å²) in [5.74, 6) is 0.957. The molecule has 1 atom stereocenters. The van der Waals surface area contributed by atoms with Crippen LogP contribution in [0.4, 0.5) is 0 Å². The SMILES string of the molecule is CCC1CC(N)=NN=C1c1ccccn1. The first kappa shape index (κ1) is 9.83. The van der Waals surface area contributed by atoms with Crippen molar-refractivity contribution in [3.63, 3.8) is 0 Å². The zero-order valence-electron chi connectivity index (χ0n) is 8.72. The summed E-state index contributed by atoms with van der Waals surface area (Å²) >= 11 is 0. The highest BCUT2D eigenvalue weighted by atomic mass is 15.2. The van der Waals surface area contributed by atoms with E-state index < -0.39 is 0 Å². The van der Waals surface area contributed by atoms with Gasteiger partial charge in [0.1, 0.15) is 5.84 Å². The topological polar surface area (TPSA) is 63.6 Å². The Balaban J connectivity index is 2.35. The fraction of sp³-hybridized carbons (Fsp3) is 0.364. The van der Waals surface area contributed by atoms with Gasteiger partial charge in [-0.1, -0.05) is 13.0 Å². The fourth-order valence-corrected chi connectivity index (χ4v) is 1.70. The Labute approximate surface area is 88.9 Å². The number of amidine groups is 1. The van der Waals surface area contributed by atoms with E-state index in [1.807, 2.05) is 18.2 Å². The molecular formula is C11H14N4. The molecule has 78 valence electrons. The highest BCUT2D eigenvalue weighted by Crippen LogP contribution is 2.19. The van der Waals surface area contributed by atoms with Crippen LogP contribution in [0.3, 0.4) is 0 Å².